The molecule has 0 spiro atoms. The van der Waals surface area contributed by atoms with Crippen LogP contribution in [0.15, 0.2) is 10.6 Å². The molecule has 0 aliphatic carbocycles. The summed E-state index contributed by atoms with van der Waals surface area (Å²) in [6, 6.07) is 2.65. The lowest BCUT2D eigenvalue weighted by Gasteiger charge is -2.29. The summed E-state index contributed by atoms with van der Waals surface area (Å²) in [5, 5.41) is 7.43. The first-order valence-electron chi connectivity index (χ1n) is 6.94. The summed E-state index contributed by atoms with van der Waals surface area (Å²) < 4.78 is 5.45. The number of amides is 2. The van der Waals surface area contributed by atoms with Gasteiger partial charge < -0.3 is 19.6 Å². The molecule has 2 atom stereocenters. The molecule has 19 heavy (non-hydrogen) atoms. The Kier molecular flexibility index (Phi) is 2.35. The number of nitrogens with zero attached hydrogens (tertiary/aromatic N) is 3. The van der Waals surface area contributed by atoms with E-state index in [-0.39, 0.29) is 12.1 Å². The summed E-state index contributed by atoms with van der Waals surface area (Å²) in [7, 11) is 1.89. The molecule has 0 aromatic carbocycles. The normalized spacial score (nSPS) is 30.9. The van der Waals surface area contributed by atoms with E-state index in [2.05, 4.69) is 10.5 Å². The van der Waals surface area contributed by atoms with Crippen LogP contribution in [0.2, 0.25) is 0 Å². The van der Waals surface area contributed by atoms with Crippen LogP contribution in [0.3, 0.4) is 0 Å². The summed E-state index contributed by atoms with van der Waals surface area (Å²) in [5.41, 5.74) is 0.920. The highest BCUT2D eigenvalue weighted by Gasteiger charge is 2.44. The fourth-order valence-electron chi connectivity index (χ4n) is 3.29. The molecule has 1 aromatic rings. The van der Waals surface area contributed by atoms with E-state index in [0.717, 1.165) is 43.9 Å². The van der Waals surface area contributed by atoms with Crippen molar-refractivity contribution in [1.82, 2.24) is 20.3 Å². The highest BCUT2D eigenvalue weighted by molar-refractivity contribution is 5.77. The molecular weight excluding hydrogens is 244 g/mol. The van der Waals surface area contributed by atoms with E-state index in [9.17, 15) is 4.79 Å². The number of rotatable bonds is 2. The fourth-order valence-corrected chi connectivity index (χ4v) is 3.29. The first-order chi connectivity index (χ1) is 9.24. The van der Waals surface area contributed by atoms with E-state index in [0.29, 0.717) is 12.0 Å². The van der Waals surface area contributed by atoms with Gasteiger partial charge in [-0.3, -0.25) is 0 Å². The van der Waals surface area contributed by atoms with Gasteiger partial charge in [-0.05, 0) is 12.8 Å². The van der Waals surface area contributed by atoms with Gasteiger partial charge in [-0.25, -0.2) is 4.79 Å². The number of carbonyl (C=O) groups is 1. The summed E-state index contributed by atoms with van der Waals surface area (Å²) in [6.07, 6.45) is 2.03. The number of hydrogen-bond acceptors (Lipinski definition) is 4. The zero-order chi connectivity index (χ0) is 13.0. The van der Waals surface area contributed by atoms with Crippen LogP contribution in [0.5, 0.6) is 0 Å². The molecule has 3 aliphatic rings. The first kappa shape index (κ1) is 11.3. The van der Waals surface area contributed by atoms with Crippen molar-refractivity contribution in [2.24, 2.45) is 0 Å². The SMILES string of the molecule is CN1C(=O)N2C[C@H]1CC[C@H]2c1cc(C2CNC2)on1. The van der Waals surface area contributed by atoms with Gasteiger partial charge in [0.1, 0.15) is 11.5 Å². The monoisotopic (exact) mass is 262 g/mol. The summed E-state index contributed by atoms with van der Waals surface area (Å²) in [6.45, 7) is 2.76. The molecule has 3 fully saturated rings. The number of aromatic nitrogens is 1. The lowest BCUT2D eigenvalue weighted by atomic mass is 9.96. The Hall–Kier alpha value is -1.56. The van der Waals surface area contributed by atoms with E-state index < -0.39 is 0 Å². The van der Waals surface area contributed by atoms with Gasteiger partial charge in [0, 0.05) is 38.7 Å². The van der Waals surface area contributed by atoms with E-state index in [1.165, 1.54) is 0 Å². The minimum atomic E-state index is 0.0965. The molecule has 0 unspecified atom stereocenters. The van der Waals surface area contributed by atoms with Crippen LogP contribution >= 0.6 is 0 Å². The molecular formula is C13H18N4O2. The number of nitrogens with one attached hydrogen (secondary N) is 1. The minimum Gasteiger partial charge on any atom is -0.361 e. The number of piperidine rings is 1. The molecule has 1 N–H and O–H groups in total. The third-order valence-corrected chi connectivity index (χ3v) is 4.72. The number of likely N-dealkylation sites (N-methyl/N-ethyl adjacent to an activating group) is 1. The number of carbonyl (C=O) groups excluding carboxylic acids is 1. The molecule has 6 nitrogen and oxygen atoms in total. The molecule has 4 heterocycles. The Morgan fingerprint density at radius 1 is 1.42 bits per heavy atom. The van der Waals surface area contributed by atoms with Crippen molar-refractivity contribution in [2.75, 3.05) is 26.7 Å². The van der Waals surface area contributed by atoms with Crippen molar-refractivity contribution in [3.8, 4) is 0 Å². The van der Waals surface area contributed by atoms with Crippen molar-refractivity contribution in [1.29, 1.82) is 0 Å². The second-order valence-electron chi connectivity index (χ2n) is 5.80. The zero-order valence-corrected chi connectivity index (χ0v) is 11.0. The van der Waals surface area contributed by atoms with Gasteiger partial charge in [-0.1, -0.05) is 5.16 Å². The molecule has 0 saturated carbocycles. The van der Waals surface area contributed by atoms with Crippen molar-refractivity contribution in [3.63, 3.8) is 0 Å². The Balaban J connectivity index is 1.58. The summed E-state index contributed by atoms with van der Waals surface area (Å²) in [5.74, 6) is 1.41. The van der Waals surface area contributed by atoms with Gasteiger partial charge in [0.25, 0.3) is 0 Å². The largest absolute Gasteiger partial charge is 0.361 e. The molecule has 3 saturated heterocycles. The van der Waals surface area contributed by atoms with Crippen LogP contribution in [-0.4, -0.2) is 53.7 Å². The quantitative estimate of drug-likeness (QED) is 0.861. The lowest BCUT2D eigenvalue weighted by Crippen LogP contribution is -2.39. The maximum absolute atomic E-state index is 12.2. The number of fused-ring (bicyclic) bond motifs is 2. The van der Waals surface area contributed by atoms with Crippen LogP contribution in [0.1, 0.15) is 36.3 Å². The first-order valence-corrected chi connectivity index (χ1v) is 6.94. The van der Waals surface area contributed by atoms with E-state index in [4.69, 9.17) is 4.52 Å². The fraction of sp³-hybridized carbons (Fsp3) is 0.692. The molecule has 102 valence electrons. The van der Waals surface area contributed by atoms with E-state index >= 15 is 0 Å². The van der Waals surface area contributed by atoms with Crippen molar-refractivity contribution >= 4 is 6.03 Å². The Bertz CT molecular complexity index is 510. The predicted molar refractivity (Wildman–Crippen MR) is 67.7 cm³/mol. The van der Waals surface area contributed by atoms with Gasteiger partial charge in [0.15, 0.2) is 0 Å². The molecule has 2 bridgehead atoms. The molecule has 0 radical (unpaired) electrons. The summed E-state index contributed by atoms with van der Waals surface area (Å²) in [4.78, 5) is 16.0. The van der Waals surface area contributed by atoms with Gasteiger partial charge in [-0.15, -0.1) is 0 Å². The van der Waals surface area contributed by atoms with Crippen molar-refractivity contribution in [3.05, 3.63) is 17.5 Å². The Morgan fingerprint density at radius 2 is 2.26 bits per heavy atom. The van der Waals surface area contributed by atoms with Gasteiger partial charge in [-0.2, -0.15) is 0 Å². The average molecular weight is 262 g/mol. The molecule has 3 aliphatic heterocycles. The highest BCUT2D eigenvalue weighted by atomic mass is 16.5. The Morgan fingerprint density at radius 3 is 3.00 bits per heavy atom. The van der Waals surface area contributed by atoms with Gasteiger partial charge >= 0.3 is 6.03 Å². The maximum atomic E-state index is 12.2. The topological polar surface area (TPSA) is 61.6 Å². The Labute approximate surface area is 111 Å². The third kappa shape index (κ3) is 1.59. The smallest absolute Gasteiger partial charge is 0.320 e. The van der Waals surface area contributed by atoms with Crippen molar-refractivity contribution in [2.45, 2.75) is 30.8 Å². The zero-order valence-electron chi connectivity index (χ0n) is 11.0. The molecule has 2 amide bonds. The van der Waals surface area contributed by atoms with E-state index in [1.54, 1.807) is 0 Å². The number of urea groups is 1. The molecule has 4 rings (SSSR count). The standard InChI is InChI=1S/C13H18N4O2/c1-16-9-2-3-11(17(7-9)13(16)18)10-4-12(19-15-10)8-5-14-6-8/h4,8-9,11,14H,2-3,5-7H2,1H3/t9-,11+/m1/s1. The molecule has 6 heteroatoms. The maximum Gasteiger partial charge on any atom is 0.320 e. The van der Waals surface area contributed by atoms with Gasteiger partial charge in [0.2, 0.25) is 0 Å². The van der Waals surface area contributed by atoms with Crippen LogP contribution in [0.25, 0.3) is 0 Å². The highest BCUT2D eigenvalue weighted by Crippen LogP contribution is 2.37. The van der Waals surface area contributed by atoms with Crippen molar-refractivity contribution < 1.29 is 9.32 Å². The van der Waals surface area contributed by atoms with Gasteiger partial charge in [0.05, 0.1) is 12.1 Å². The molecule has 1 aromatic heterocycles. The van der Waals surface area contributed by atoms with Crippen LogP contribution < -0.4 is 5.32 Å². The van der Waals surface area contributed by atoms with Crippen LogP contribution in [0.4, 0.5) is 4.79 Å². The predicted octanol–water partition coefficient (Wildman–Crippen LogP) is 0.932. The second kappa shape index (κ2) is 3.96. The minimum absolute atomic E-state index is 0.0965. The lowest BCUT2D eigenvalue weighted by molar-refractivity contribution is 0.177. The van der Waals surface area contributed by atoms with Crippen LogP contribution in [-0.2, 0) is 0 Å². The van der Waals surface area contributed by atoms with Crippen LogP contribution in [0, 0.1) is 0 Å². The van der Waals surface area contributed by atoms with E-state index in [1.807, 2.05) is 22.9 Å². The second-order valence-corrected chi connectivity index (χ2v) is 5.80. The number of hydrogen-bond donors (Lipinski definition) is 1. The average Bonchev–Trinajstić information content (AvgIpc) is 2.90. The third-order valence-electron chi connectivity index (χ3n) is 4.72. The summed E-state index contributed by atoms with van der Waals surface area (Å²) >= 11 is 0.